The maximum absolute atomic E-state index is 11.7. The SMILES string of the molecule is CC(c1onc(N)c1-c1ccc(Cl)c(Cl)c1)S(C)(=O)=O. The molecule has 0 amide bonds. The topological polar surface area (TPSA) is 86.2 Å². The zero-order valence-electron chi connectivity index (χ0n) is 10.7. The highest BCUT2D eigenvalue weighted by Crippen LogP contribution is 2.38. The van der Waals surface area contributed by atoms with Crippen LogP contribution in [0.3, 0.4) is 0 Å². The smallest absolute Gasteiger partial charge is 0.175 e. The molecule has 5 nitrogen and oxygen atoms in total. The second-order valence-corrected chi connectivity index (χ2v) is 7.59. The quantitative estimate of drug-likeness (QED) is 0.930. The molecule has 2 N–H and O–H groups in total. The van der Waals surface area contributed by atoms with Crippen LogP contribution in [0.2, 0.25) is 10.0 Å². The Balaban J connectivity index is 2.63. The highest BCUT2D eigenvalue weighted by molar-refractivity contribution is 7.90. The predicted molar refractivity (Wildman–Crippen MR) is 79.6 cm³/mol. The number of nitrogens with two attached hydrogens (primary N) is 1. The van der Waals surface area contributed by atoms with Crippen LogP contribution in [0, 0.1) is 0 Å². The molecule has 108 valence electrons. The zero-order chi connectivity index (χ0) is 15.1. The largest absolute Gasteiger partial charge is 0.380 e. The van der Waals surface area contributed by atoms with Crippen molar-refractivity contribution in [3.63, 3.8) is 0 Å². The maximum Gasteiger partial charge on any atom is 0.175 e. The van der Waals surface area contributed by atoms with Gasteiger partial charge >= 0.3 is 0 Å². The molecule has 0 fully saturated rings. The summed E-state index contributed by atoms with van der Waals surface area (Å²) in [5.74, 6) is 0.289. The lowest BCUT2D eigenvalue weighted by atomic mass is 10.0. The van der Waals surface area contributed by atoms with E-state index in [2.05, 4.69) is 5.16 Å². The number of benzene rings is 1. The van der Waals surface area contributed by atoms with Crippen molar-refractivity contribution in [2.75, 3.05) is 12.0 Å². The molecule has 0 saturated heterocycles. The van der Waals surface area contributed by atoms with Gasteiger partial charge in [0, 0.05) is 6.26 Å². The number of aromatic nitrogens is 1. The molecular weight excluding hydrogens is 323 g/mol. The molecule has 0 aliphatic carbocycles. The van der Waals surface area contributed by atoms with Crippen molar-refractivity contribution in [2.24, 2.45) is 0 Å². The normalized spacial score (nSPS) is 13.4. The summed E-state index contributed by atoms with van der Waals surface area (Å²) in [7, 11) is -3.34. The number of anilines is 1. The van der Waals surface area contributed by atoms with Crippen molar-refractivity contribution in [3.8, 4) is 11.1 Å². The molecule has 2 aromatic rings. The van der Waals surface area contributed by atoms with E-state index in [1.807, 2.05) is 0 Å². The molecule has 1 unspecified atom stereocenters. The molecule has 0 aliphatic heterocycles. The average Bonchev–Trinajstić information content (AvgIpc) is 2.72. The van der Waals surface area contributed by atoms with Gasteiger partial charge in [-0.1, -0.05) is 34.4 Å². The Labute approximate surface area is 126 Å². The highest BCUT2D eigenvalue weighted by Gasteiger charge is 2.28. The summed E-state index contributed by atoms with van der Waals surface area (Å²) in [6.07, 6.45) is 1.12. The monoisotopic (exact) mass is 334 g/mol. The van der Waals surface area contributed by atoms with Gasteiger partial charge in [0.2, 0.25) is 0 Å². The highest BCUT2D eigenvalue weighted by atomic mass is 35.5. The first-order valence-corrected chi connectivity index (χ1v) is 8.32. The van der Waals surface area contributed by atoms with Gasteiger partial charge in [-0.05, 0) is 24.6 Å². The summed E-state index contributed by atoms with van der Waals surface area (Å²) in [6.45, 7) is 1.51. The van der Waals surface area contributed by atoms with Gasteiger partial charge in [-0.3, -0.25) is 0 Å². The average molecular weight is 335 g/mol. The van der Waals surface area contributed by atoms with E-state index in [4.69, 9.17) is 33.5 Å². The summed E-state index contributed by atoms with van der Waals surface area (Å²) >= 11 is 11.8. The van der Waals surface area contributed by atoms with Crippen LogP contribution in [-0.4, -0.2) is 19.8 Å². The molecule has 0 spiro atoms. The van der Waals surface area contributed by atoms with Crippen LogP contribution in [0.4, 0.5) is 5.82 Å². The molecule has 1 aromatic heterocycles. The van der Waals surface area contributed by atoms with Crippen molar-refractivity contribution in [3.05, 3.63) is 34.0 Å². The lowest BCUT2D eigenvalue weighted by molar-refractivity contribution is 0.385. The number of sulfone groups is 1. The van der Waals surface area contributed by atoms with Gasteiger partial charge in [-0.2, -0.15) is 0 Å². The minimum Gasteiger partial charge on any atom is -0.380 e. The third kappa shape index (κ3) is 2.77. The second kappa shape index (κ2) is 5.27. The molecule has 0 aliphatic rings. The third-order valence-corrected chi connectivity index (χ3v) is 5.20. The number of nitrogen functional groups attached to an aromatic ring is 1. The fourth-order valence-electron chi connectivity index (χ4n) is 1.73. The molecule has 0 saturated carbocycles. The number of hydrogen-bond acceptors (Lipinski definition) is 5. The molecular formula is C12H12Cl2N2O3S. The first kappa shape index (κ1) is 15.2. The third-order valence-electron chi connectivity index (χ3n) is 2.96. The summed E-state index contributed by atoms with van der Waals surface area (Å²) in [4.78, 5) is 0. The first-order chi connectivity index (χ1) is 9.21. The van der Waals surface area contributed by atoms with E-state index in [1.54, 1.807) is 18.2 Å². The van der Waals surface area contributed by atoms with Crippen molar-refractivity contribution >= 4 is 38.9 Å². The first-order valence-electron chi connectivity index (χ1n) is 5.61. The van der Waals surface area contributed by atoms with Crippen LogP contribution < -0.4 is 5.73 Å². The summed E-state index contributed by atoms with van der Waals surface area (Å²) < 4.78 is 28.4. The van der Waals surface area contributed by atoms with Crippen molar-refractivity contribution in [1.82, 2.24) is 5.16 Å². The summed E-state index contributed by atoms with van der Waals surface area (Å²) in [6, 6.07) is 4.86. The van der Waals surface area contributed by atoms with Gasteiger partial charge < -0.3 is 10.3 Å². The standard InChI is InChI=1S/C12H12Cl2N2O3S/c1-6(20(2,17)18)11-10(12(15)16-19-11)7-3-4-8(13)9(14)5-7/h3-6H,1-2H3,(H2,15,16). The van der Waals surface area contributed by atoms with Crippen LogP contribution in [0.25, 0.3) is 11.1 Å². The summed E-state index contributed by atoms with van der Waals surface area (Å²) in [5, 5.41) is 3.51. The van der Waals surface area contributed by atoms with E-state index in [0.29, 0.717) is 21.2 Å². The van der Waals surface area contributed by atoms with Crippen LogP contribution in [0.15, 0.2) is 22.7 Å². The molecule has 0 bridgehead atoms. The maximum atomic E-state index is 11.7. The molecule has 8 heteroatoms. The fourth-order valence-corrected chi connectivity index (χ4v) is 2.58. The molecule has 0 radical (unpaired) electrons. The second-order valence-electron chi connectivity index (χ2n) is 4.41. The number of halogens is 2. The molecule has 20 heavy (non-hydrogen) atoms. The van der Waals surface area contributed by atoms with Gasteiger partial charge in [0.25, 0.3) is 0 Å². The predicted octanol–water partition coefficient (Wildman–Crippen LogP) is 3.34. The Morgan fingerprint density at radius 2 is 1.95 bits per heavy atom. The molecule has 2 rings (SSSR count). The molecule has 1 atom stereocenters. The molecule has 1 heterocycles. The van der Waals surface area contributed by atoms with E-state index in [-0.39, 0.29) is 11.6 Å². The number of hydrogen-bond donors (Lipinski definition) is 1. The van der Waals surface area contributed by atoms with Crippen molar-refractivity contribution in [1.29, 1.82) is 0 Å². The zero-order valence-corrected chi connectivity index (χ0v) is 13.1. The minimum atomic E-state index is -3.34. The Hall–Kier alpha value is -1.24. The molecule has 1 aromatic carbocycles. The summed E-state index contributed by atoms with van der Waals surface area (Å²) in [5.41, 5.74) is 6.79. The van der Waals surface area contributed by atoms with E-state index >= 15 is 0 Å². The van der Waals surface area contributed by atoms with Crippen LogP contribution in [0.1, 0.15) is 17.9 Å². The Morgan fingerprint density at radius 1 is 1.30 bits per heavy atom. The minimum absolute atomic E-state index is 0.105. The van der Waals surface area contributed by atoms with Crippen molar-refractivity contribution < 1.29 is 12.9 Å². The van der Waals surface area contributed by atoms with Gasteiger partial charge in [0.15, 0.2) is 21.4 Å². The Bertz CT molecular complexity index is 756. The van der Waals surface area contributed by atoms with Gasteiger partial charge in [-0.25, -0.2) is 8.42 Å². The lowest BCUT2D eigenvalue weighted by Gasteiger charge is -2.09. The van der Waals surface area contributed by atoms with E-state index in [0.717, 1.165) is 6.26 Å². The number of nitrogens with zero attached hydrogens (tertiary/aromatic N) is 1. The van der Waals surface area contributed by atoms with Gasteiger partial charge in [0.05, 0.1) is 15.6 Å². The van der Waals surface area contributed by atoms with Crippen LogP contribution in [-0.2, 0) is 9.84 Å². The lowest BCUT2D eigenvalue weighted by Crippen LogP contribution is -2.08. The van der Waals surface area contributed by atoms with Gasteiger partial charge in [-0.15, -0.1) is 0 Å². The van der Waals surface area contributed by atoms with Crippen LogP contribution in [0.5, 0.6) is 0 Å². The van der Waals surface area contributed by atoms with E-state index in [1.165, 1.54) is 6.92 Å². The Morgan fingerprint density at radius 3 is 2.50 bits per heavy atom. The van der Waals surface area contributed by atoms with E-state index in [9.17, 15) is 8.42 Å². The van der Waals surface area contributed by atoms with Crippen molar-refractivity contribution in [2.45, 2.75) is 12.2 Å². The number of rotatable bonds is 3. The Kier molecular flexibility index (Phi) is 4.00. The van der Waals surface area contributed by atoms with Gasteiger partial charge in [0.1, 0.15) is 5.25 Å². The fraction of sp³-hybridized carbons (Fsp3) is 0.250. The van der Waals surface area contributed by atoms with E-state index < -0.39 is 15.1 Å². The van der Waals surface area contributed by atoms with Crippen LogP contribution >= 0.6 is 23.2 Å².